The minimum Gasteiger partial charge on any atom is -0.242 e. The van der Waals surface area contributed by atoms with Crippen LogP contribution in [0.25, 0.3) is 0 Å². The van der Waals surface area contributed by atoms with Crippen molar-refractivity contribution < 1.29 is 23.1 Å². The molecule has 57 valence electrons. The van der Waals surface area contributed by atoms with Gasteiger partial charge in [-0.3, -0.25) is 0 Å². The van der Waals surface area contributed by atoms with Crippen molar-refractivity contribution in [2.24, 2.45) is 0 Å². The van der Waals surface area contributed by atoms with Crippen molar-refractivity contribution >= 4 is 5.97 Å². The van der Waals surface area contributed by atoms with Gasteiger partial charge in [-0.2, -0.15) is 13.2 Å². The van der Waals surface area contributed by atoms with Gasteiger partial charge in [0.15, 0.2) is 0 Å². The molecule has 0 heterocycles. The fraction of sp³-hybridized carbons (Fsp3) is 0.400. The van der Waals surface area contributed by atoms with E-state index in [0.717, 1.165) is 6.92 Å². The largest absolute Gasteiger partial charge is 0.410 e. The zero-order chi connectivity index (χ0) is 8.36. The lowest BCUT2D eigenvalue weighted by atomic mass is 10.3. The quantitative estimate of drug-likeness (QED) is 0.525. The molecule has 0 aromatic rings. The van der Waals surface area contributed by atoms with Crippen molar-refractivity contribution in [1.29, 1.82) is 0 Å². The Bertz CT molecular complexity index is 168. The van der Waals surface area contributed by atoms with Gasteiger partial charge in [-0.1, -0.05) is 0 Å². The van der Waals surface area contributed by atoms with E-state index in [4.69, 9.17) is 0 Å². The van der Waals surface area contributed by atoms with Crippen LogP contribution in [0, 0.1) is 0 Å². The van der Waals surface area contributed by atoms with E-state index in [1.807, 2.05) is 0 Å². The maximum absolute atomic E-state index is 11.3. The Morgan fingerprint density at radius 3 is 1.90 bits per heavy atom. The predicted octanol–water partition coefficient (Wildman–Crippen LogP) is 1.45. The smallest absolute Gasteiger partial charge is 0.242 e. The molecule has 0 aromatic carbocycles. The zero-order valence-corrected chi connectivity index (χ0v) is 5.03. The highest BCUT2D eigenvalue weighted by Gasteiger charge is 2.25. The highest BCUT2D eigenvalue weighted by atomic mass is 19.4. The van der Waals surface area contributed by atoms with Crippen LogP contribution in [0.5, 0.6) is 0 Å². The van der Waals surface area contributed by atoms with Crippen molar-refractivity contribution in [3.05, 3.63) is 11.6 Å². The second kappa shape index (κ2) is 2.72. The van der Waals surface area contributed by atoms with Crippen LogP contribution < -0.4 is 0 Å². The summed E-state index contributed by atoms with van der Waals surface area (Å²) in [6.07, 6.45) is -4.90. The summed E-state index contributed by atoms with van der Waals surface area (Å²) in [4.78, 5) is 9.70. The zero-order valence-electron chi connectivity index (χ0n) is 5.03. The average molecular weight is 153 g/mol. The van der Waals surface area contributed by atoms with Crippen molar-refractivity contribution in [3.63, 3.8) is 0 Å². The fourth-order valence-electron chi connectivity index (χ4n) is 0.304. The summed E-state index contributed by atoms with van der Waals surface area (Å²) >= 11 is 0. The predicted molar refractivity (Wildman–Crippen MR) is 25.5 cm³/mol. The Morgan fingerprint density at radius 2 is 1.80 bits per heavy atom. The molecule has 0 unspecified atom stereocenters. The molecule has 0 aliphatic heterocycles. The Labute approximate surface area is 55.0 Å². The minimum absolute atomic E-state index is 0.317. The molecule has 0 atom stereocenters. The first kappa shape index (κ1) is 9.00. The topological polar surface area (TPSA) is 37.0 Å². The van der Waals surface area contributed by atoms with E-state index < -0.39 is 17.7 Å². The second-order valence-electron chi connectivity index (χ2n) is 1.66. The molecule has 0 amide bonds. The van der Waals surface area contributed by atoms with Crippen LogP contribution in [0.2, 0.25) is 0 Å². The maximum atomic E-state index is 11.3. The number of hydrogen-bond acceptors (Lipinski definition) is 1. The SMILES string of the molecule is CC(=CC(F)(F)F)C([O])=O. The Hall–Kier alpha value is -1.00. The first-order chi connectivity index (χ1) is 4.33. The van der Waals surface area contributed by atoms with E-state index in [9.17, 15) is 23.1 Å². The molecule has 0 N–H and O–H groups in total. The van der Waals surface area contributed by atoms with E-state index in [1.54, 1.807) is 0 Å². The summed E-state index contributed by atoms with van der Waals surface area (Å²) in [6.45, 7) is 0.822. The average Bonchev–Trinajstić information content (AvgIpc) is 1.60. The van der Waals surface area contributed by atoms with Gasteiger partial charge in [0, 0.05) is 11.6 Å². The second-order valence-corrected chi connectivity index (χ2v) is 1.66. The molecule has 1 radical (unpaired) electrons. The van der Waals surface area contributed by atoms with Gasteiger partial charge in [0.2, 0.25) is 0 Å². The number of allylic oxidation sites excluding steroid dienone is 1. The van der Waals surface area contributed by atoms with E-state index in [0.29, 0.717) is 0 Å². The Kier molecular flexibility index (Phi) is 2.45. The van der Waals surface area contributed by atoms with Gasteiger partial charge >= 0.3 is 12.1 Å². The number of carbonyl (C=O) groups is 1. The van der Waals surface area contributed by atoms with Crippen LogP contribution in [-0.2, 0) is 9.90 Å². The summed E-state index contributed by atoms with van der Waals surface area (Å²) in [5.41, 5.74) is -0.826. The number of rotatable bonds is 1. The van der Waals surface area contributed by atoms with Gasteiger partial charge in [-0.15, -0.1) is 0 Å². The summed E-state index contributed by atoms with van der Waals surface area (Å²) < 4.78 is 33.9. The van der Waals surface area contributed by atoms with Gasteiger partial charge in [-0.25, -0.2) is 9.90 Å². The van der Waals surface area contributed by atoms with Crippen molar-refractivity contribution in [2.75, 3.05) is 0 Å². The Balaban J connectivity index is 4.32. The molecular formula is C5H4F3O2. The van der Waals surface area contributed by atoms with Crippen molar-refractivity contribution in [1.82, 2.24) is 0 Å². The molecule has 0 aliphatic rings. The first-order valence-electron chi connectivity index (χ1n) is 2.30. The normalized spacial score (nSPS) is 13.4. The molecule has 0 bridgehead atoms. The summed E-state index contributed by atoms with van der Waals surface area (Å²) in [5, 5.41) is 9.70. The van der Waals surface area contributed by atoms with E-state index in [2.05, 4.69) is 0 Å². The minimum atomic E-state index is -4.58. The molecular weight excluding hydrogens is 149 g/mol. The first-order valence-corrected chi connectivity index (χ1v) is 2.30. The van der Waals surface area contributed by atoms with Crippen LogP contribution in [0.4, 0.5) is 13.2 Å². The number of halogens is 3. The number of alkyl halides is 3. The molecule has 0 rings (SSSR count). The van der Waals surface area contributed by atoms with Gasteiger partial charge in [0.05, 0.1) is 0 Å². The third-order valence-electron chi connectivity index (χ3n) is 0.702. The lowest BCUT2D eigenvalue weighted by Crippen LogP contribution is -2.06. The third-order valence-corrected chi connectivity index (χ3v) is 0.702. The molecule has 0 saturated heterocycles. The third kappa shape index (κ3) is 3.94. The molecule has 0 saturated carbocycles. The van der Waals surface area contributed by atoms with Crippen LogP contribution in [-0.4, -0.2) is 12.1 Å². The summed E-state index contributed by atoms with van der Waals surface area (Å²) in [7, 11) is 0. The molecule has 0 spiro atoms. The van der Waals surface area contributed by atoms with Gasteiger partial charge in [0.1, 0.15) is 0 Å². The van der Waals surface area contributed by atoms with Crippen molar-refractivity contribution in [2.45, 2.75) is 13.1 Å². The maximum Gasteiger partial charge on any atom is 0.410 e. The summed E-state index contributed by atoms with van der Waals surface area (Å²) in [5.74, 6) is -1.81. The number of hydrogen-bond donors (Lipinski definition) is 0. The van der Waals surface area contributed by atoms with E-state index >= 15 is 0 Å². The van der Waals surface area contributed by atoms with Crippen molar-refractivity contribution in [3.8, 4) is 0 Å². The Morgan fingerprint density at radius 1 is 1.40 bits per heavy atom. The lowest BCUT2D eigenvalue weighted by molar-refractivity contribution is -0.139. The lowest BCUT2D eigenvalue weighted by Gasteiger charge is -1.97. The highest BCUT2D eigenvalue weighted by molar-refractivity contribution is 5.85. The molecule has 2 nitrogen and oxygen atoms in total. The monoisotopic (exact) mass is 153 g/mol. The van der Waals surface area contributed by atoms with Crippen LogP contribution >= 0.6 is 0 Å². The molecule has 0 aromatic heterocycles. The van der Waals surface area contributed by atoms with Gasteiger partial charge < -0.3 is 0 Å². The standard InChI is InChI=1S/C5H4F3O2/c1-3(4(9)10)2-5(6,7)8/h2H,1H3. The molecule has 5 heteroatoms. The highest BCUT2D eigenvalue weighted by Crippen LogP contribution is 2.18. The fourth-order valence-corrected chi connectivity index (χ4v) is 0.304. The molecule has 0 aliphatic carbocycles. The van der Waals surface area contributed by atoms with Gasteiger partial charge in [-0.05, 0) is 6.92 Å². The summed E-state index contributed by atoms with van der Waals surface area (Å²) in [6, 6.07) is 0. The molecule has 10 heavy (non-hydrogen) atoms. The van der Waals surface area contributed by atoms with Crippen LogP contribution in [0.15, 0.2) is 11.6 Å². The number of carbonyl (C=O) groups excluding carboxylic acids is 1. The molecule has 0 fully saturated rings. The van der Waals surface area contributed by atoms with Crippen LogP contribution in [0.3, 0.4) is 0 Å². The van der Waals surface area contributed by atoms with Crippen LogP contribution in [0.1, 0.15) is 6.92 Å². The van der Waals surface area contributed by atoms with Gasteiger partial charge in [0.25, 0.3) is 0 Å². The van der Waals surface area contributed by atoms with E-state index in [-0.39, 0.29) is 6.08 Å². The van der Waals surface area contributed by atoms with E-state index in [1.165, 1.54) is 0 Å².